The highest BCUT2D eigenvalue weighted by Gasteiger charge is 1.99. The molecule has 0 amide bonds. The van der Waals surface area contributed by atoms with Gasteiger partial charge < -0.3 is 5.32 Å². The maximum absolute atomic E-state index is 3.13. The molecule has 0 saturated carbocycles. The first-order chi connectivity index (χ1) is 3.39. The molecule has 0 spiro atoms. The molecule has 1 N–H and O–H groups in total. The van der Waals surface area contributed by atoms with Crippen molar-refractivity contribution < 1.29 is 0 Å². The minimum atomic E-state index is 0.763. The van der Waals surface area contributed by atoms with Gasteiger partial charge in [-0.3, -0.25) is 0 Å². The van der Waals surface area contributed by atoms with E-state index in [1.165, 1.54) is 6.42 Å². The molecule has 1 rings (SSSR count). The van der Waals surface area contributed by atoms with Crippen LogP contribution in [0.15, 0.2) is 12.3 Å². The van der Waals surface area contributed by atoms with Gasteiger partial charge in [0.25, 0.3) is 0 Å². The Labute approximate surface area is 57.3 Å². The lowest BCUT2D eigenvalue weighted by Crippen LogP contribution is -2.16. The van der Waals surface area contributed by atoms with Crippen LogP contribution in [0.1, 0.15) is 6.42 Å². The molecule has 0 bridgehead atoms. The zero-order valence-electron chi connectivity index (χ0n) is 4.02. The minimum Gasteiger partial charge on any atom is -0.391 e. The quantitative estimate of drug-likeness (QED) is 0.468. The summed E-state index contributed by atoms with van der Waals surface area (Å²) in [6, 6.07) is 0. The van der Waals surface area contributed by atoms with Gasteiger partial charge in [0.1, 0.15) is 0 Å². The minimum absolute atomic E-state index is 0.763. The summed E-state index contributed by atoms with van der Waals surface area (Å²) in [7, 11) is 0. The van der Waals surface area contributed by atoms with Crippen molar-refractivity contribution in [3.8, 4) is 0 Å². The summed E-state index contributed by atoms with van der Waals surface area (Å²) in [5.41, 5.74) is 0. The predicted molar refractivity (Wildman–Crippen MR) is 39.6 cm³/mol. The first-order valence-corrected chi connectivity index (χ1v) is 3.68. The molecule has 0 aliphatic carbocycles. The zero-order valence-corrected chi connectivity index (χ0v) is 6.18. The van der Waals surface area contributed by atoms with Crippen molar-refractivity contribution in [2.24, 2.45) is 0 Å². The van der Waals surface area contributed by atoms with E-state index in [-0.39, 0.29) is 0 Å². The largest absolute Gasteiger partial charge is 0.391 e. The van der Waals surface area contributed by atoms with Crippen LogP contribution in [0.3, 0.4) is 0 Å². The van der Waals surface area contributed by atoms with Crippen molar-refractivity contribution in [3.05, 3.63) is 12.3 Å². The van der Waals surface area contributed by atoms with E-state index in [2.05, 4.69) is 34.0 Å². The van der Waals surface area contributed by atoms with E-state index in [9.17, 15) is 0 Å². The first-order valence-electron chi connectivity index (χ1n) is 2.44. The van der Waals surface area contributed by atoms with E-state index in [1.54, 1.807) is 0 Å². The molecular weight excluding hydrogens is 201 g/mol. The van der Waals surface area contributed by atoms with Crippen LogP contribution in [-0.4, -0.2) is 10.5 Å². The molecule has 0 saturated heterocycles. The fourth-order valence-corrected chi connectivity index (χ4v) is 1.09. The maximum Gasteiger partial charge on any atom is 0.0322 e. The summed E-state index contributed by atoms with van der Waals surface area (Å²) < 4.78 is 0.763. The van der Waals surface area contributed by atoms with Crippen molar-refractivity contribution in [2.75, 3.05) is 6.54 Å². The first kappa shape index (κ1) is 5.41. The number of hydrogen-bond acceptors (Lipinski definition) is 1. The van der Waals surface area contributed by atoms with Crippen molar-refractivity contribution in [1.29, 1.82) is 0 Å². The van der Waals surface area contributed by atoms with Gasteiger partial charge in [-0.2, -0.15) is 0 Å². The van der Waals surface area contributed by atoms with Gasteiger partial charge in [0.05, 0.1) is 0 Å². The van der Waals surface area contributed by atoms with E-state index in [0.29, 0.717) is 0 Å². The molecule has 0 aromatic heterocycles. The van der Waals surface area contributed by atoms with E-state index < -0.39 is 0 Å². The van der Waals surface area contributed by atoms with Crippen LogP contribution in [0.2, 0.25) is 0 Å². The van der Waals surface area contributed by atoms with E-state index in [1.807, 2.05) is 6.20 Å². The lowest BCUT2D eigenvalue weighted by Gasteiger charge is -2.09. The van der Waals surface area contributed by atoms with Crippen LogP contribution in [-0.2, 0) is 0 Å². The predicted octanol–water partition coefficient (Wildman–Crippen LogP) is 1.30. The van der Waals surface area contributed by atoms with Gasteiger partial charge in [-0.05, 0) is 12.6 Å². The number of allylic oxidation sites excluding steroid dienone is 1. The summed E-state index contributed by atoms with van der Waals surface area (Å²) in [5.74, 6) is 0. The van der Waals surface area contributed by atoms with Crippen molar-refractivity contribution in [2.45, 2.75) is 10.3 Å². The highest BCUT2D eigenvalue weighted by molar-refractivity contribution is 14.1. The lowest BCUT2D eigenvalue weighted by molar-refractivity contribution is 0.749. The fraction of sp³-hybridized carbons (Fsp3) is 0.600. The Hall–Kier alpha value is 0.270. The SMILES string of the molecule is IC1C=CNCC1. The zero-order chi connectivity index (χ0) is 5.11. The van der Waals surface area contributed by atoms with Gasteiger partial charge in [0.15, 0.2) is 0 Å². The van der Waals surface area contributed by atoms with Crippen molar-refractivity contribution in [3.63, 3.8) is 0 Å². The normalized spacial score (nSPS) is 29.6. The summed E-state index contributed by atoms with van der Waals surface area (Å²) in [6.45, 7) is 1.14. The second-order valence-corrected chi connectivity index (χ2v) is 3.22. The third-order valence-electron chi connectivity index (χ3n) is 0.987. The highest BCUT2D eigenvalue weighted by Crippen LogP contribution is 2.08. The molecule has 1 aliphatic rings. The number of rotatable bonds is 0. The molecule has 7 heavy (non-hydrogen) atoms. The summed E-state index contributed by atoms with van der Waals surface area (Å²) >= 11 is 2.43. The molecule has 1 nitrogen and oxygen atoms in total. The fourth-order valence-electron chi connectivity index (χ4n) is 0.573. The number of hydrogen-bond donors (Lipinski definition) is 1. The molecule has 2 heteroatoms. The van der Waals surface area contributed by atoms with Gasteiger partial charge in [-0.15, -0.1) is 0 Å². The molecule has 40 valence electrons. The van der Waals surface area contributed by atoms with Gasteiger partial charge >= 0.3 is 0 Å². The Balaban J connectivity index is 2.36. The van der Waals surface area contributed by atoms with E-state index >= 15 is 0 Å². The van der Waals surface area contributed by atoms with Crippen LogP contribution in [0.25, 0.3) is 0 Å². The molecular formula is C5H8IN. The summed E-state index contributed by atoms with van der Waals surface area (Å²) in [6.07, 6.45) is 5.49. The number of alkyl halides is 1. The summed E-state index contributed by atoms with van der Waals surface area (Å²) in [4.78, 5) is 0. The average Bonchev–Trinajstić information content (AvgIpc) is 1.69. The molecule has 1 unspecified atom stereocenters. The van der Waals surface area contributed by atoms with Crippen LogP contribution in [0.5, 0.6) is 0 Å². The second kappa shape index (κ2) is 2.55. The molecule has 0 aromatic carbocycles. The molecule has 0 radical (unpaired) electrons. The van der Waals surface area contributed by atoms with Gasteiger partial charge in [-0.25, -0.2) is 0 Å². The summed E-state index contributed by atoms with van der Waals surface area (Å²) in [5, 5.41) is 3.13. The highest BCUT2D eigenvalue weighted by atomic mass is 127. The molecule has 0 aromatic rings. The molecule has 1 heterocycles. The topological polar surface area (TPSA) is 12.0 Å². The Morgan fingerprint density at radius 3 is 2.86 bits per heavy atom. The monoisotopic (exact) mass is 209 g/mol. The van der Waals surface area contributed by atoms with Crippen LogP contribution < -0.4 is 5.32 Å². The average molecular weight is 209 g/mol. The van der Waals surface area contributed by atoms with Gasteiger partial charge in [-0.1, -0.05) is 28.7 Å². The standard InChI is InChI=1S/C5H8IN/c6-5-1-3-7-4-2-5/h1,3,5,7H,2,4H2. The number of halogens is 1. The Bertz CT molecular complexity index is 80.1. The molecule has 1 aliphatic heterocycles. The van der Waals surface area contributed by atoms with Crippen LogP contribution in [0.4, 0.5) is 0 Å². The lowest BCUT2D eigenvalue weighted by atomic mass is 10.2. The van der Waals surface area contributed by atoms with Gasteiger partial charge in [0, 0.05) is 10.5 Å². The third-order valence-corrected chi connectivity index (χ3v) is 2.03. The Morgan fingerprint density at radius 2 is 2.57 bits per heavy atom. The Kier molecular flexibility index (Phi) is 1.97. The van der Waals surface area contributed by atoms with Crippen LogP contribution >= 0.6 is 22.6 Å². The molecule has 1 atom stereocenters. The van der Waals surface area contributed by atoms with E-state index in [4.69, 9.17) is 0 Å². The van der Waals surface area contributed by atoms with Crippen molar-refractivity contribution in [1.82, 2.24) is 5.32 Å². The molecule has 0 fully saturated rings. The third kappa shape index (κ3) is 1.67. The van der Waals surface area contributed by atoms with Crippen LogP contribution in [0, 0.1) is 0 Å². The maximum atomic E-state index is 3.13. The van der Waals surface area contributed by atoms with Gasteiger partial charge in [0.2, 0.25) is 0 Å². The number of nitrogens with one attached hydrogen (secondary N) is 1. The second-order valence-electron chi connectivity index (χ2n) is 1.62. The smallest absolute Gasteiger partial charge is 0.0322 e. The van der Waals surface area contributed by atoms with E-state index in [0.717, 1.165) is 10.5 Å². The Morgan fingerprint density at radius 1 is 1.71 bits per heavy atom. The van der Waals surface area contributed by atoms with Crippen molar-refractivity contribution >= 4 is 22.6 Å².